The molecule has 0 bridgehead atoms. The number of fused-ring (bicyclic) bond motifs is 1. The van der Waals surface area contributed by atoms with Crippen molar-refractivity contribution < 1.29 is 23.0 Å². The third-order valence-electron chi connectivity index (χ3n) is 4.80. The van der Waals surface area contributed by atoms with Gasteiger partial charge >= 0.3 is 6.09 Å². The molecule has 0 aliphatic rings. The smallest absolute Gasteiger partial charge is 0.407 e. The Kier molecular flexibility index (Phi) is 7.55. The Morgan fingerprint density at radius 3 is 2.74 bits per heavy atom. The van der Waals surface area contributed by atoms with Crippen LogP contribution in [0, 0.1) is 17.5 Å². The van der Waals surface area contributed by atoms with E-state index in [1.807, 2.05) is 6.92 Å². The quantitative estimate of drug-likeness (QED) is 0.417. The lowest BCUT2D eigenvalue weighted by atomic mass is 10.2. The van der Waals surface area contributed by atoms with E-state index in [9.17, 15) is 14.0 Å². The average Bonchev–Trinajstić information content (AvgIpc) is 3.14. The number of carbonyl (C=O) groups is 1. The fourth-order valence-corrected chi connectivity index (χ4v) is 3.51. The number of alkyl carbamates (subject to hydrolysis) is 1. The van der Waals surface area contributed by atoms with Gasteiger partial charge in [0.25, 0.3) is 5.56 Å². The van der Waals surface area contributed by atoms with Crippen LogP contribution in [0.15, 0.2) is 41.1 Å². The van der Waals surface area contributed by atoms with Crippen molar-refractivity contribution in [3.63, 3.8) is 0 Å². The Morgan fingerprint density at radius 2 is 2.06 bits per heavy atom. The second kappa shape index (κ2) is 10.2. The van der Waals surface area contributed by atoms with Crippen LogP contribution in [0.5, 0.6) is 5.75 Å². The Balaban J connectivity index is 1.74. The van der Waals surface area contributed by atoms with E-state index < -0.39 is 17.5 Å². The van der Waals surface area contributed by atoms with Gasteiger partial charge in [-0.3, -0.25) is 9.78 Å². The molecule has 34 heavy (non-hydrogen) atoms. The van der Waals surface area contributed by atoms with Gasteiger partial charge < -0.3 is 24.3 Å². The van der Waals surface area contributed by atoms with Crippen LogP contribution in [0.2, 0.25) is 0 Å². The van der Waals surface area contributed by atoms with E-state index in [4.69, 9.17) is 21.7 Å². The van der Waals surface area contributed by atoms with Gasteiger partial charge in [-0.05, 0) is 51.5 Å². The molecule has 8 nitrogen and oxygen atoms in total. The molecule has 0 saturated carbocycles. The number of nitrogens with zero attached hydrogens (tertiary/aromatic N) is 1. The summed E-state index contributed by atoms with van der Waals surface area (Å²) in [6.45, 7) is 6.53. The summed E-state index contributed by atoms with van der Waals surface area (Å²) in [5.74, 6) is -0.734. The number of hydrogen-bond acceptors (Lipinski definition) is 5. The van der Waals surface area contributed by atoms with Crippen LogP contribution in [0.4, 0.5) is 13.6 Å². The summed E-state index contributed by atoms with van der Waals surface area (Å²) >= 11 is 5.30. The number of ether oxygens (including phenoxy) is 2. The van der Waals surface area contributed by atoms with Gasteiger partial charge in [-0.1, -0.05) is 12.1 Å². The molecule has 0 spiro atoms. The SMILES string of the molecule is Cc1c[nH]c2c(=O)[nH]c(=S)n(Cc3cccc(OC/C(=C/F)CNC(=O)OC(C)(C)C)c3F)c12. The lowest BCUT2D eigenvalue weighted by Crippen LogP contribution is -2.34. The number of H-pyrrole nitrogens is 2. The Labute approximate surface area is 199 Å². The number of aromatic amines is 2. The van der Waals surface area contributed by atoms with Crippen LogP contribution in [0.1, 0.15) is 31.9 Å². The maximum atomic E-state index is 15.2. The normalized spacial score (nSPS) is 12.1. The molecule has 1 aromatic carbocycles. The van der Waals surface area contributed by atoms with Gasteiger partial charge in [-0.25, -0.2) is 13.6 Å². The molecule has 0 aliphatic carbocycles. The van der Waals surface area contributed by atoms with Crippen molar-refractivity contribution in [3.05, 3.63) is 68.4 Å². The largest absolute Gasteiger partial charge is 0.486 e. The number of aromatic nitrogens is 3. The molecular formula is C23H26F2N4O4S. The predicted octanol–water partition coefficient (Wildman–Crippen LogP) is 4.64. The Bertz CT molecular complexity index is 1350. The number of rotatable bonds is 7. The molecule has 11 heteroatoms. The number of benzene rings is 1. The van der Waals surface area contributed by atoms with Crippen LogP contribution in [0.25, 0.3) is 11.0 Å². The zero-order valence-corrected chi connectivity index (χ0v) is 20.1. The number of halogens is 2. The summed E-state index contributed by atoms with van der Waals surface area (Å²) in [5.41, 5.74) is 1.01. The molecule has 0 unspecified atom stereocenters. The molecular weight excluding hydrogens is 466 g/mol. The maximum Gasteiger partial charge on any atom is 0.407 e. The summed E-state index contributed by atoms with van der Waals surface area (Å²) in [6.07, 6.45) is 1.27. The standard InChI is InChI=1S/C23H26F2N4O4S/c1-13-9-26-18-19(13)29(21(34)28-20(18)30)11-15-6-5-7-16(17(15)25)32-12-14(8-24)10-27-22(31)33-23(2,3)4/h5-9,26H,10-12H2,1-4H3,(H,27,31)(H,28,30,34)/b14-8+. The molecule has 0 aliphatic heterocycles. The highest BCUT2D eigenvalue weighted by Crippen LogP contribution is 2.24. The number of amides is 1. The molecule has 0 atom stereocenters. The number of hydrogen-bond donors (Lipinski definition) is 3. The van der Waals surface area contributed by atoms with Crippen molar-refractivity contribution in [2.45, 2.75) is 39.8 Å². The fourth-order valence-electron chi connectivity index (χ4n) is 3.27. The summed E-state index contributed by atoms with van der Waals surface area (Å²) in [7, 11) is 0. The number of carbonyl (C=O) groups excluding carboxylic acids is 1. The number of aryl methyl sites for hydroxylation is 1. The van der Waals surface area contributed by atoms with Crippen molar-refractivity contribution in [3.8, 4) is 5.75 Å². The molecule has 3 N–H and O–H groups in total. The Hall–Kier alpha value is -3.47. The van der Waals surface area contributed by atoms with Crippen molar-refractivity contribution in [2.24, 2.45) is 0 Å². The summed E-state index contributed by atoms with van der Waals surface area (Å²) in [5, 5.41) is 2.43. The van der Waals surface area contributed by atoms with Crippen LogP contribution < -0.4 is 15.6 Å². The first-order chi connectivity index (χ1) is 16.0. The van der Waals surface area contributed by atoms with Crippen LogP contribution in [-0.2, 0) is 11.3 Å². The molecule has 1 amide bonds. The fraction of sp³-hybridized carbons (Fsp3) is 0.348. The second-order valence-corrected chi connectivity index (χ2v) is 9.07. The van der Waals surface area contributed by atoms with Gasteiger partial charge in [-0.2, -0.15) is 0 Å². The highest BCUT2D eigenvalue weighted by atomic mass is 32.1. The zero-order chi connectivity index (χ0) is 25.0. The summed E-state index contributed by atoms with van der Waals surface area (Å²) in [4.78, 5) is 29.4. The van der Waals surface area contributed by atoms with E-state index in [2.05, 4.69) is 15.3 Å². The summed E-state index contributed by atoms with van der Waals surface area (Å²) in [6, 6.07) is 4.58. The topological polar surface area (TPSA) is 101 Å². The van der Waals surface area contributed by atoms with Gasteiger partial charge in [0.1, 0.15) is 17.7 Å². The second-order valence-electron chi connectivity index (χ2n) is 8.68. The third kappa shape index (κ3) is 5.90. The molecule has 0 saturated heterocycles. The minimum atomic E-state index is -0.705. The van der Waals surface area contributed by atoms with Gasteiger partial charge in [0.05, 0.1) is 18.4 Å². The van der Waals surface area contributed by atoms with Gasteiger partial charge in [-0.15, -0.1) is 0 Å². The van der Waals surface area contributed by atoms with Gasteiger partial charge in [0.2, 0.25) is 0 Å². The lowest BCUT2D eigenvalue weighted by molar-refractivity contribution is 0.0531. The summed E-state index contributed by atoms with van der Waals surface area (Å²) < 4.78 is 40.8. The van der Waals surface area contributed by atoms with E-state index >= 15 is 4.39 Å². The van der Waals surface area contributed by atoms with Crippen molar-refractivity contribution >= 4 is 29.3 Å². The number of nitrogens with one attached hydrogen (secondary N) is 3. The van der Waals surface area contributed by atoms with Crippen LogP contribution in [-0.4, -0.2) is 39.4 Å². The predicted molar refractivity (Wildman–Crippen MR) is 127 cm³/mol. The van der Waals surface area contributed by atoms with E-state index in [1.165, 1.54) is 6.07 Å². The molecule has 2 heterocycles. The van der Waals surface area contributed by atoms with Crippen molar-refractivity contribution in [2.75, 3.05) is 13.2 Å². The van der Waals surface area contributed by atoms with E-state index in [0.717, 1.165) is 5.56 Å². The van der Waals surface area contributed by atoms with Gasteiger partial charge in [0, 0.05) is 23.9 Å². The van der Waals surface area contributed by atoms with Crippen LogP contribution in [0.3, 0.4) is 0 Å². The average molecular weight is 493 g/mol. The molecule has 0 radical (unpaired) electrons. The lowest BCUT2D eigenvalue weighted by Gasteiger charge is -2.20. The maximum absolute atomic E-state index is 15.2. The molecule has 182 valence electrons. The molecule has 3 rings (SSSR count). The van der Waals surface area contributed by atoms with E-state index in [1.54, 1.807) is 43.7 Å². The van der Waals surface area contributed by atoms with E-state index in [-0.39, 0.29) is 46.9 Å². The highest BCUT2D eigenvalue weighted by Gasteiger charge is 2.17. The monoisotopic (exact) mass is 492 g/mol. The Morgan fingerprint density at radius 1 is 1.32 bits per heavy atom. The van der Waals surface area contributed by atoms with Crippen molar-refractivity contribution in [1.82, 2.24) is 19.9 Å². The minimum absolute atomic E-state index is 0.0415. The minimum Gasteiger partial charge on any atom is -0.486 e. The zero-order valence-electron chi connectivity index (χ0n) is 19.3. The van der Waals surface area contributed by atoms with E-state index in [0.29, 0.717) is 17.4 Å². The first-order valence-corrected chi connectivity index (χ1v) is 10.9. The van der Waals surface area contributed by atoms with Gasteiger partial charge in [0.15, 0.2) is 16.3 Å². The third-order valence-corrected chi connectivity index (χ3v) is 5.13. The first kappa shape index (κ1) is 25.2. The van der Waals surface area contributed by atoms with Crippen molar-refractivity contribution in [1.29, 1.82) is 0 Å². The highest BCUT2D eigenvalue weighted by molar-refractivity contribution is 7.71. The van der Waals surface area contributed by atoms with Crippen LogP contribution >= 0.6 is 12.2 Å². The molecule has 3 aromatic rings. The molecule has 0 fully saturated rings. The first-order valence-electron chi connectivity index (χ1n) is 10.5. The molecule has 2 aromatic heterocycles.